The van der Waals surface area contributed by atoms with Crippen LogP contribution in [0.3, 0.4) is 0 Å². The number of hydrogen-bond acceptors (Lipinski definition) is 4. The third-order valence-electron chi connectivity index (χ3n) is 5.94. The SMILES string of the molecule is COc1ccc(C)cc1S(=O)(=O)N1CCC(C(=O)Nc2c(C)cccc2C(C)C)CC1. The normalized spacial score (nSPS) is 15.8. The van der Waals surface area contributed by atoms with Crippen molar-refractivity contribution in [2.24, 2.45) is 5.92 Å². The molecule has 1 aliphatic rings. The molecule has 1 N–H and O–H groups in total. The lowest BCUT2D eigenvalue weighted by atomic mass is 9.95. The van der Waals surface area contributed by atoms with E-state index in [9.17, 15) is 13.2 Å². The fourth-order valence-electron chi connectivity index (χ4n) is 4.05. The number of anilines is 1. The lowest BCUT2D eigenvalue weighted by Gasteiger charge is -2.31. The summed E-state index contributed by atoms with van der Waals surface area (Å²) in [4.78, 5) is 13.1. The van der Waals surface area contributed by atoms with Gasteiger partial charge in [-0.15, -0.1) is 0 Å². The van der Waals surface area contributed by atoms with Crippen molar-refractivity contribution in [1.82, 2.24) is 4.31 Å². The second-order valence-electron chi connectivity index (χ2n) is 8.52. The third kappa shape index (κ3) is 4.93. The Morgan fingerprint density at radius 1 is 1.13 bits per heavy atom. The van der Waals surface area contributed by atoms with Crippen LogP contribution in [-0.2, 0) is 14.8 Å². The first-order chi connectivity index (χ1) is 14.6. The van der Waals surface area contributed by atoms with E-state index in [-0.39, 0.29) is 16.7 Å². The molecule has 1 heterocycles. The van der Waals surface area contributed by atoms with Gasteiger partial charge in [0.2, 0.25) is 15.9 Å². The Kier molecular flexibility index (Phi) is 7.06. The number of aryl methyl sites for hydroxylation is 2. The zero-order valence-corrected chi connectivity index (χ0v) is 19.8. The first-order valence-corrected chi connectivity index (χ1v) is 12.1. The number of para-hydroxylation sites is 1. The highest BCUT2D eigenvalue weighted by Crippen LogP contribution is 2.32. The summed E-state index contributed by atoms with van der Waals surface area (Å²) in [7, 11) is -2.21. The summed E-state index contributed by atoms with van der Waals surface area (Å²) >= 11 is 0. The number of nitrogens with one attached hydrogen (secondary N) is 1. The second-order valence-corrected chi connectivity index (χ2v) is 10.4. The Bertz CT molecular complexity index is 1060. The predicted molar refractivity (Wildman–Crippen MR) is 123 cm³/mol. The van der Waals surface area contributed by atoms with Crippen LogP contribution in [0.1, 0.15) is 49.3 Å². The number of sulfonamides is 1. The molecule has 1 fully saturated rings. The minimum Gasteiger partial charge on any atom is -0.495 e. The summed E-state index contributed by atoms with van der Waals surface area (Å²) in [6.45, 7) is 8.67. The molecular weight excluding hydrogens is 412 g/mol. The number of hydrogen-bond donors (Lipinski definition) is 1. The largest absolute Gasteiger partial charge is 0.495 e. The lowest BCUT2D eigenvalue weighted by molar-refractivity contribution is -0.120. The van der Waals surface area contributed by atoms with E-state index in [0.29, 0.717) is 37.6 Å². The summed E-state index contributed by atoms with van der Waals surface area (Å²) in [6.07, 6.45) is 0.976. The Morgan fingerprint density at radius 3 is 2.42 bits per heavy atom. The maximum atomic E-state index is 13.2. The number of rotatable bonds is 6. The smallest absolute Gasteiger partial charge is 0.246 e. The zero-order chi connectivity index (χ0) is 22.8. The fraction of sp³-hybridized carbons (Fsp3) is 0.458. The van der Waals surface area contributed by atoms with Crippen molar-refractivity contribution in [2.45, 2.75) is 51.3 Å². The van der Waals surface area contributed by atoms with E-state index in [0.717, 1.165) is 22.4 Å². The molecule has 1 aliphatic heterocycles. The maximum Gasteiger partial charge on any atom is 0.246 e. The summed E-state index contributed by atoms with van der Waals surface area (Å²) < 4.78 is 33.1. The highest BCUT2D eigenvalue weighted by atomic mass is 32.2. The molecule has 0 bridgehead atoms. The molecule has 0 saturated carbocycles. The lowest BCUT2D eigenvalue weighted by Crippen LogP contribution is -2.41. The van der Waals surface area contributed by atoms with Crippen molar-refractivity contribution >= 4 is 21.6 Å². The van der Waals surface area contributed by atoms with Crippen molar-refractivity contribution in [3.05, 3.63) is 53.1 Å². The fourth-order valence-corrected chi connectivity index (χ4v) is 5.76. The van der Waals surface area contributed by atoms with Gasteiger partial charge in [-0.1, -0.05) is 38.1 Å². The van der Waals surface area contributed by atoms with Gasteiger partial charge in [0.25, 0.3) is 0 Å². The molecule has 168 valence electrons. The van der Waals surface area contributed by atoms with Crippen LogP contribution < -0.4 is 10.1 Å². The van der Waals surface area contributed by atoms with Crippen molar-refractivity contribution in [1.29, 1.82) is 0 Å². The summed E-state index contributed by atoms with van der Waals surface area (Å²) in [6, 6.07) is 11.2. The topological polar surface area (TPSA) is 75.7 Å². The van der Waals surface area contributed by atoms with Gasteiger partial charge in [0.05, 0.1) is 7.11 Å². The number of carbonyl (C=O) groups excluding carboxylic acids is 1. The molecule has 0 aromatic heterocycles. The van der Waals surface area contributed by atoms with Crippen molar-refractivity contribution in [2.75, 3.05) is 25.5 Å². The molecule has 7 heteroatoms. The van der Waals surface area contributed by atoms with Crippen LogP contribution in [0.15, 0.2) is 41.3 Å². The number of benzene rings is 2. The van der Waals surface area contributed by atoms with E-state index in [1.807, 2.05) is 38.1 Å². The second kappa shape index (κ2) is 9.40. The maximum absolute atomic E-state index is 13.2. The van der Waals surface area contributed by atoms with Crippen LogP contribution in [0.5, 0.6) is 5.75 Å². The number of amides is 1. The van der Waals surface area contributed by atoms with Crippen LogP contribution in [0.25, 0.3) is 0 Å². The molecule has 1 saturated heterocycles. The minimum atomic E-state index is -3.68. The van der Waals surface area contributed by atoms with Crippen molar-refractivity contribution in [3.8, 4) is 5.75 Å². The summed E-state index contributed by atoms with van der Waals surface area (Å²) in [5, 5.41) is 3.11. The quantitative estimate of drug-likeness (QED) is 0.713. The molecule has 0 spiro atoms. The minimum absolute atomic E-state index is 0.0404. The molecule has 0 aliphatic carbocycles. The van der Waals surface area contributed by atoms with E-state index < -0.39 is 10.0 Å². The molecule has 0 radical (unpaired) electrons. The van der Waals surface area contributed by atoms with Gasteiger partial charge in [0.1, 0.15) is 10.6 Å². The Morgan fingerprint density at radius 2 is 1.81 bits per heavy atom. The molecule has 31 heavy (non-hydrogen) atoms. The zero-order valence-electron chi connectivity index (χ0n) is 18.9. The number of nitrogens with zero attached hydrogens (tertiary/aromatic N) is 1. The highest BCUT2D eigenvalue weighted by molar-refractivity contribution is 7.89. The first-order valence-electron chi connectivity index (χ1n) is 10.7. The van der Waals surface area contributed by atoms with Crippen LogP contribution in [-0.4, -0.2) is 38.8 Å². The van der Waals surface area contributed by atoms with Crippen LogP contribution >= 0.6 is 0 Å². The van der Waals surface area contributed by atoms with Crippen molar-refractivity contribution < 1.29 is 17.9 Å². The third-order valence-corrected chi connectivity index (χ3v) is 7.86. The van der Waals surface area contributed by atoms with Crippen molar-refractivity contribution in [3.63, 3.8) is 0 Å². The van der Waals surface area contributed by atoms with Gasteiger partial charge in [-0.2, -0.15) is 4.31 Å². The van der Waals surface area contributed by atoms with E-state index >= 15 is 0 Å². The first kappa shape index (κ1) is 23.3. The van der Waals surface area contributed by atoms with Gasteiger partial charge in [0.15, 0.2) is 0 Å². The van der Waals surface area contributed by atoms with Gasteiger partial charge >= 0.3 is 0 Å². The molecule has 0 unspecified atom stereocenters. The van der Waals surface area contributed by atoms with Crippen LogP contribution in [0, 0.1) is 19.8 Å². The standard InChI is InChI=1S/C24H32N2O4S/c1-16(2)20-8-6-7-18(4)23(20)25-24(27)19-11-13-26(14-12-19)31(28,29)22-15-17(3)9-10-21(22)30-5/h6-10,15-16,19H,11-14H2,1-5H3,(H,25,27). The summed E-state index contributed by atoms with van der Waals surface area (Å²) in [5.74, 6) is 0.379. The molecule has 3 rings (SSSR count). The monoisotopic (exact) mass is 444 g/mol. The van der Waals surface area contributed by atoms with E-state index in [4.69, 9.17) is 4.74 Å². The van der Waals surface area contributed by atoms with Crippen LogP contribution in [0.4, 0.5) is 5.69 Å². The Hall–Kier alpha value is -2.38. The molecule has 6 nitrogen and oxygen atoms in total. The number of piperidine rings is 1. The average molecular weight is 445 g/mol. The van der Waals surface area contributed by atoms with Gasteiger partial charge in [0, 0.05) is 24.7 Å². The van der Waals surface area contributed by atoms with Gasteiger partial charge < -0.3 is 10.1 Å². The van der Waals surface area contributed by atoms with Gasteiger partial charge in [-0.05, 0) is 61.4 Å². The van der Waals surface area contributed by atoms with E-state index in [1.54, 1.807) is 12.1 Å². The highest BCUT2D eigenvalue weighted by Gasteiger charge is 2.34. The predicted octanol–water partition coefficient (Wildman–Crippen LogP) is 4.47. The molecule has 2 aromatic carbocycles. The Labute approximate surface area is 185 Å². The van der Waals surface area contributed by atoms with E-state index in [2.05, 4.69) is 19.2 Å². The Balaban J connectivity index is 1.72. The van der Waals surface area contributed by atoms with Gasteiger partial charge in [-0.25, -0.2) is 8.42 Å². The van der Waals surface area contributed by atoms with Gasteiger partial charge in [-0.3, -0.25) is 4.79 Å². The number of ether oxygens (including phenoxy) is 1. The molecule has 0 atom stereocenters. The van der Waals surface area contributed by atoms with E-state index in [1.165, 1.54) is 11.4 Å². The number of methoxy groups -OCH3 is 1. The average Bonchev–Trinajstić information content (AvgIpc) is 2.75. The molecule has 2 aromatic rings. The molecule has 1 amide bonds. The summed E-state index contributed by atoms with van der Waals surface area (Å²) in [5.41, 5.74) is 3.88. The number of carbonyl (C=O) groups is 1. The molecular formula is C24H32N2O4S. The van der Waals surface area contributed by atoms with Crippen LogP contribution in [0.2, 0.25) is 0 Å².